The van der Waals surface area contributed by atoms with E-state index in [1.165, 1.54) is 38.3 Å². The van der Waals surface area contributed by atoms with Crippen molar-refractivity contribution in [2.75, 3.05) is 53.8 Å². The molecule has 0 aliphatic carbocycles. The SMILES string of the molecule is CC[C@H](C)[C@@H]([C@@H](CC(=O)N1CCC[C@H]1[C@H](OC)[C@@H](C)C(=O)N[C@H](C)[C@@H](O)c1ccccc1)OC)N(C)C(=O)[C@@H](NC(=O)[C@H](C(C)C)N(C)C(=O)OCc1ccc(NC(=O)[C@H](CCC(=O)O)NC(=O)[C@H](CO)NC(=O)[C@@H](CC(C)C)NC)cc1)C(C)C. The second-order valence-electron chi connectivity index (χ2n) is 23.7. The fraction of sp³-hybridized carbons (Fsp3) is 0.661. The number of hydrogen-bond acceptors (Lipinski definition) is 15. The number of aliphatic carboxylic acids is 1. The van der Waals surface area contributed by atoms with Crippen LogP contribution in [0.1, 0.15) is 131 Å². The van der Waals surface area contributed by atoms with Gasteiger partial charge in [0.1, 0.15) is 30.8 Å². The Morgan fingerprint density at radius 1 is 0.733 bits per heavy atom. The first-order valence-corrected chi connectivity index (χ1v) is 29.9. The molecule has 1 saturated heterocycles. The summed E-state index contributed by atoms with van der Waals surface area (Å²) in [4.78, 5) is 126. The van der Waals surface area contributed by atoms with Crippen LogP contribution in [0.4, 0.5) is 10.5 Å². The van der Waals surface area contributed by atoms with Gasteiger partial charge in [0.05, 0.1) is 61.4 Å². The van der Waals surface area contributed by atoms with Gasteiger partial charge >= 0.3 is 12.1 Å². The number of likely N-dealkylation sites (tertiary alicyclic amines) is 1. The Morgan fingerprint density at radius 2 is 1.35 bits per heavy atom. The van der Waals surface area contributed by atoms with Crippen LogP contribution in [0, 0.1) is 29.6 Å². The number of carbonyl (C=O) groups excluding carboxylic acids is 8. The number of rotatable bonds is 35. The summed E-state index contributed by atoms with van der Waals surface area (Å²) >= 11 is 0. The fourth-order valence-corrected chi connectivity index (χ4v) is 11.0. The van der Waals surface area contributed by atoms with Crippen molar-refractivity contribution < 1.29 is 72.7 Å². The molecule has 1 aliphatic heterocycles. The highest BCUT2D eigenvalue weighted by Crippen LogP contribution is 2.30. The summed E-state index contributed by atoms with van der Waals surface area (Å²) in [6.07, 6.45) is -1.77. The van der Waals surface area contributed by atoms with E-state index in [1.807, 2.05) is 45.9 Å². The van der Waals surface area contributed by atoms with Gasteiger partial charge in [-0.1, -0.05) is 111 Å². The van der Waals surface area contributed by atoms with Crippen LogP contribution in [-0.4, -0.2) is 192 Å². The Labute approximate surface area is 507 Å². The highest BCUT2D eigenvalue weighted by atomic mass is 16.6. The lowest BCUT2D eigenvalue weighted by molar-refractivity contribution is -0.148. The average Bonchev–Trinajstić information content (AvgIpc) is 4.16. The maximum atomic E-state index is 14.8. The summed E-state index contributed by atoms with van der Waals surface area (Å²) in [5.41, 5.74) is 1.41. The molecule has 8 amide bonds. The van der Waals surface area contributed by atoms with Crippen LogP contribution in [0.5, 0.6) is 0 Å². The summed E-state index contributed by atoms with van der Waals surface area (Å²) in [7, 11) is 7.64. The van der Waals surface area contributed by atoms with Crippen molar-refractivity contribution in [3.05, 3.63) is 65.7 Å². The third kappa shape index (κ3) is 21.3. The lowest BCUT2D eigenvalue weighted by atomic mass is 9.89. The minimum absolute atomic E-state index is 0.0930. The zero-order chi connectivity index (χ0) is 64.7. The molecule has 9 N–H and O–H groups in total. The summed E-state index contributed by atoms with van der Waals surface area (Å²) in [5.74, 6) is -6.61. The molecule has 24 nitrogen and oxygen atoms in total. The summed E-state index contributed by atoms with van der Waals surface area (Å²) in [6, 6.07) is 7.90. The highest BCUT2D eigenvalue weighted by molar-refractivity contribution is 5.99. The fourth-order valence-electron chi connectivity index (χ4n) is 11.0. The Kier molecular flexibility index (Phi) is 30.6. The normalized spacial score (nSPS) is 17.5. The lowest BCUT2D eigenvalue weighted by Crippen LogP contribution is -2.60. The van der Waals surface area contributed by atoms with E-state index in [0.717, 1.165) is 4.90 Å². The van der Waals surface area contributed by atoms with E-state index in [1.54, 1.807) is 84.8 Å². The lowest BCUT2D eigenvalue weighted by Gasteiger charge is -2.41. The second-order valence-corrected chi connectivity index (χ2v) is 23.7. The Morgan fingerprint density at radius 3 is 1.88 bits per heavy atom. The number of nitrogens with zero attached hydrogens (tertiary/aromatic N) is 3. The van der Waals surface area contributed by atoms with E-state index in [2.05, 4.69) is 31.9 Å². The maximum absolute atomic E-state index is 14.8. The van der Waals surface area contributed by atoms with E-state index in [0.29, 0.717) is 43.4 Å². The molecule has 24 heteroatoms. The standard InChI is InChI=1S/C62H99N9O15/c1-16-38(8)53(48(84-14)32-49(73)71-30-20-23-47(71)55(85-15)39(9)56(77)64-40(10)54(76)42-21-18-17-19-22-42)69(12)61(82)51(36(4)5)68-60(81)52(37(6)7)70(13)62(83)86-34-41-24-26-43(27-25-41)65-57(78)44(28-29-50(74)75)66-59(80)46(33-72)67-58(79)45(63-11)31-35(2)3/h17-19,21-22,24-27,35-40,44-48,51-55,63,72,76H,16,20,23,28-34H2,1-15H3,(H,64,77)(H,65,78)(H,66,80)(H,67,79)(H,68,81)(H,74,75)/t38-,39+,40+,44-,45+,46-,47-,48+,51-,52-,53-,54+,55+/m0/s1. The number of likely N-dealkylation sites (N-methyl/N-ethyl adjacent to an activating group) is 3. The average molecular weight is 1210 g/mol. The number of carbonyl (C=O) groups is 9. The van der Waals surface area contributed by atoms with Crippen molar-refractivity contribution in [3.63, 3.8) is 0 Å². The number of nitrogens with one attached hydrogen (secondary N) is 6. The van der Waals surface area contributed by atoms with Crippen LogP contribution in [0.3, 0.4) is 0 Å². The van der Waals surface area contributed by atoms with Crippen LogP contribution in [0.15, 0.2) is 54.6 Å². The van der Waals surface area contributed by atoms with Gasteiger partial charge in [-0.25, -0.2) is 4.79 Å². The van der Waals surface area contributed by atoms with Crippen LogP contribution < -0.4 is 31.9 Å². The zero-order valence-corrected chi connectivity index (χ0v) is 53.1. The van der Waals surface area contributed by atoms with Gasteiger partial charge in [0.2, 0.25) is 41.4 Å². The van der Waals surface area contributed by atoms with Gasteiger partial charge in [-0.2, -0.15) is 0 Å². The minimum atomic E-state index is -1.43. The van der Waals surface area contributed by atoms with Crippen molar-refractivity contribution in [2.45, 2.75) is 187 Å². The molecule has 1 fully saturated rings. The largest absolute Gasteiger partial charge is 0.481 e. The first-order chi connectivity index (χ1) is 40.6. The van der Waals surface area contributed by atoms with Crippen molar-refractivity contribution in [2.24, 2.45) is 29.6 Å². The molecule has 13 atom stereocenters. The Hall–Kier alpha value is -6.73. The number of hydrogen-bond donors (Lipinski definition) is 9. The van der Waals surface area contributed by atoms with E-state index in [4.69, 9.17) is 14.2 Å². The molecule has 1 heterocycles. The molecule has 0 bridgehead atoms. The van der Waals surface area contributed by atoms with Gasteiger partial charge in [-0.3, -0.25) is 43.3 Å². The van der Waals surface area contributed by atoms with E-state index < -0.39 is 139 Å². The van der Waals surface area contributed by atoms with Crippen LogP contribution in [0.25, 0.3) is 0 Å². The predicted octanol–water partition coefficient (Wildman–Crippen LogP) is 3.98. The van der Waals surface area contributed by atoms with Gasteiger partial charge in [0, 0.05) is 47.0 Å². The first kappa shape index (κ1) is 73.5. The molecular weight excluding hydrogens is 1110 g/mol. The highest BCUT2D eigenvalue weighted by Gasteiger charge is 2.44. The molecule has 0 aromatic heterocycles. The Bertz CT molecular complexity index is 2520. The predicted molar refractivity (Wildman–Crippen MR) is 324 cm³/mol. The van der Waals surface area contributed by atoms with Crippen LogP contribution in [0.2, 0.25) is 0 Å². The molecular formula is C62H99N9O15. The van der Waals surface area contributed by atoms with Gasteiger partial charge in [0.15, 0.2) is 0 Å². The molecule has 1 aliphatic rings. The molecule has 2 aromatic carbocycles. The summed E-state index contributed by atoms with van der Waals surface area (Å²) < 4.78 is 17.7. The van der Waals surface area contributed by atoms with Crippen LogP contribution >= 0.6 is 0 Å². The number of ether oxygens (including phenoxy) is 3. The van der Waals surface area contributed by atoms with Gasteiger partial charge in [0.25, 0.3) is 0 Å². The number of carboxylic acid groups (broad SMARTS) is 1. The third-order valence-electron chi connectivity index (χ3n) is 16.1. The monoisotopic (exact) mass is 1210 g/mol. The minimum Gasteiger partial charge on any atom is -0.481 e. The van der Waals surface area contributed by atoms with Crippen molar-refractivity contribution >= 4 is 59.1 Å². The molecule has 2 aromatic rings. The topological polar surface area (TPSA) is 324 Å². The number of anilines is 1. The zero-order valence-electron chi connectivity index (χ0n) is 53.1. The number of benzene rings is 2. The van der Waals surface area contributed by atoms with E-state index in [9.17, 15) is 58.5 Å². The van der Waals surface area contributed by atoms with Gasteiger partial charge in [-0.15, -0.1) is 0 Å². The molecule has 482 valence electrons. The number of aliphatic hydroxyl groups is 2. The van der Waals surface area contributed by atoms with Gasteiger partial charge in [-0.05, 0) is 86.6 Å². The number of methoxy groups -OCH3 is 2. The second kappa shape index (κ2) is 35.8. The molecule has 86 heavy (non-hydrogen) atoms. The molecule has 3 rings (SSSR count). The van der Waals surface area contributed by atoms with Crippen molar-refractivity contribution in [3.8, 4) is 0 Å². The number of carboxylic acids is 1. The number of aliphatic hydroxyl groups excluding tert-OH is 2. The Balaban J connectivity index is 1.70. The van der Waals surface area contributed by atoms with Crippen molar-refractivity contribution in [1.29, 1.82) is 0 Å². The first-order valence-electron chi connectivity index (χ1n) is 29.9. The number of amides is 8. The molecule has 0 saturated carbocycles. The van der Waals surface area contributed by atoms with Crippen LogP contribution in [-0.2, 0) is 59.2 Å². The molecule has 0 unspecified atom stereocenters. The summed E-state index contributed by atoms with van der Waals surface area (Å²) in [5, 5.41) is 46.6. The maximum Gasteiger partial charge on any atom is 0.410 e. The third-order valence-corrected chi connectivity index (χ3v) is 16.1. The van der Waals surface area contributed by atoms with Gasteiger partial charge < -0.3 is 71.2 Å². The van der Waals surface area contributed by atoms with E-state index in [-0.39, 0.29) is 48.8 Å². The summed E-state index contributed by atoms with van der Waals surface area (Å²) in [6.45, 7) is 17.7. The van der Waals surface area contributed by atoms with E-state index >= 15 is 0 Å². The smallest absolute Gasteiger partial charge is 0.410 e. The van der Waals surface area contributed by atoms with Crippen molar-refractivity contribution in [1.82, 2.24) is 41.3 Å². The molecule has 0 radical (unpaired) electrons. The quantitative estimate of drug-likeness (QED) is 0.0471. The molecule has 0 spiro atoms.